The summed E-state index contributed by atoms with van der Waals surface area (Å²) in [7, 11) is 0. The summed E-state index contributed by atoms with van der Waals surface area (Å²) in [6.07, 6.45) is 2.04. The number of nitrogens with one attached hydrogen (secondary N) is 1. The zero-order chi connectivity index (χ0) is 13.8. The normalized spacial score (nSPS) is 18.2. The maximum Gasteiger partial charge on any atom is 0.288 e. The molecule has 1 aromatic rings. The number of primary amides is 1. The highest BCUT2D eigenvalue weighted by atomic mass is 16.6. The molecular formula is C11H14N4O4. The molecule has 2 heterocycles. The average molecular weight is 266 g/mol. The fourth-order valence-electron chi connectivity index (χ4n) is 1.89. The molecule has 1 unspecified atom stereocenters. The third-order valence-electron chi connectivity index (χ3n) is 2.93. The summed E-state index contributed by atoms with van der Waals surface area (Å²) in [6.45, 7) is 2.18. The van der Waals surface area contributed by atoms with Gasteiger partial charge < -0.3 is 15.8 Å². The fourth-order valence-corrected chi connectivity index (χ4v) is 1.89. The van der Waals surface area contributed by atoms with Gasteiger partial charge in [0.15, 0.2) is 0 Å². The first kappa shape index (κ1) is 13.2. The molecule has 1 aliphatic heterocycles. The molecule has 8 nitrogen and oxygen atoms in total. The molecule has 102 valence electrons. The molecule has 1 saturated heterocycles. The van der Waals surface area contributed by atoms with Crippen LogP contribution in [0.25, 0.3) is 0 Å². The lowest BCUT2D eigenvalue weighted by Gasteiger charge is -2.11. The molecule has 1 atom stereocenters. The Bertz CT molecular complexity index is 499. The summed E-state index contributed by atoms with van der Waals surface area (Å²) in [5.41, 5.74) is 4.82. The number of rotatable bonds is 5. The summed E-state index contributed by atoms with van der Waals surface area (Å²) in [5, 5.41) is 13.8. The topological polar surface area (TPSA) is 120 Å². The first-order valence-corrected chi connectivity index (χ1v) is 5.85. The van der Waals surface area contributed by atoms with Gasteiger partial charge in [-0.3, -0.25) is 14.9 Å². The second kappa shape index (κ2) is 5.61. The monoisotopic (exact) mass is 266 g/mol. The third kappa shape index (κ3) is 3.16. The molecule has 19 heavy (non-hydrogen) atoms. The number of nitrogens with zero attached hydrogens (tertiary/aromatic N) is 2. The van der Waals surface area contributed by atoms with Gasteiger partial charge in [-0.05, 0) is 13.0 Å². The van der Waals surface area contributed by atoms with Crippen molar-refractivity contribution in [1.82, 2.24) is 10.3 Å². The molecule has 8 heteroatoms. The van der Waals surface area contributed by atoms with Crippen molar-refractivity contribution in [3.63, 3.8) is 0 Å². The van der Waals surface area contributed by atoms with E-state index in [0.29, 0.717) is 12.5 Å². The van der Waals surface area contributed by atoms with E-state index >= 15 is 0 Å². The molecule has 3 N–H and O–H groups in total. The zero-order valence-electron chi connectivity index (χ0n) is 10.2. The van der Waals surface area contributed by atoms with Crippen molar-refractivity contribution in [2.75, 3.05) is 19.7 Å². The number of nitro groups is 1. The van der Waals surface area contributed by atoms with Crippen molar-refractivity contribution in [3.05, 3.63) is 27.9 Å². The predicted molar refractivity (Wildman–Crippen MR) is 65.9 cm³/mol. The van der Waals surface area contributed by atoms with Crippen LogP contribution in [0.15, 0.2) is 12.3 Å². The predicted octanol–water partition coefficient (Wildman–Crippen LogP) is 0.0770. The van der Waals surface area contributed by atoms with Crippen molar-refractivity contribution in [2.45, 2.75) is 6.42 Å². The Balaban J connectivity index is 2.14. The van der Waals surface area contributed by atoms with Crippen LogP contribution >= 0.6 is 0 Å². The van der Waals surface area contributed by atoms with E-state index in [0.717, 1.165) is 31.8 Å². The minimum atomic E-state index is -0.796. The second-order valence-electron chi connectivity index (χ2n) is 4.34. The Morgan fingerprint density at radius 2 is 2.47 bits per heavy atom. The van der Waals surface area contributed by atoms with Crippen molar-refractivity contribution in [2.24, 2.45) is 11.7 Å². The van der Waals surface area contributed by atoms with E-state index in [2.05, 4.69) is 10.3 Å². The Kier molecular flexibility index (Phi) is 3.91. The van der Waals surface area contributed by atoms with Crippen LogP contribution in [-0.2, 0) is 0 Å². The van der Waals surface area contributed by atoms with Gasteiger partial charge in [-0.2, -0.15) is 0 Å². The third-order valence-corrected chi connectivity index (χ3v) is 2.93. The molecule has 2 rings (SSSR count). The van der Waals surface area contributed by atoms with Crippen LogP contribution in [-0.4, -0.2) is 35.5 Å². The van der Waals surface area contributed by atoms with Crippen molar-refractivity contribution >= 4 is 11.6 Å². The van der Waals surface area contributed by atoms with E-state index in [1.54, 1.807) is 0 Å². The molecule has 0 bridgehead atoms. The minimum absolute atomic E-state index is 0.0463. The number of hydrogen-bond donors (Lipinski definition) is 2. The molecule has 0 spiro atoms. The van der Waals surface area contributed by atoms with Gasteiger partial charge >= 0.3 is 0 Å². The second-order valence-corrected chi connectivity index (χ2v) is 4.34. The zero-order valence-corrected chi connectivity index (χ0v) is 10.2. The lowest BCUT2D eigenvalue weighted by atomic mass is 10.1. The Labute approximate surface area is 109 Å². The Morgan fingerprint density at radius 3 is 3.05 bits per heavy atom. The molecule has 1 amide bonds. The van der Waals surface area contributed by atoms with Gasteiger partial charge in [0.2, 0.25) is 5.88 Å². The molecule has 1 aliphatic rings. The minimum Gasteiger partial charge on any atom is -0.477 e. The number of aromatic nitrogens is 1. The van der Waals surface area contributed by atoms with E-state index < -0.39 is 10.8 Å². The number of carbonyl (C=O) groups excluding carboxylic acids is 1. The quantitative estimate of drug-likeness (QED) is 0.575. The number of pyridine rings is 1. The number of amides is 1. The van der Waals surface area contributed by atoms with Gasteiger partial charge in [0, 0.05) is 18.5 Å². The van der Waals surface area contributed by atoms with Crippen LogP contribution in [0.3, 0.4) is 0 Å². The number of ether oxygens (including phenoxy) is 1. The van der Waals surface area contributed by atoms with Crippen molar-refractivity contribution in [3.8, 4) is 5.88 Å². The van der Waals surface area contributed by atoms with E-state index in [1.165, 1.54) is 0 Å². The number of hydrogen-bond acceptors (Lipinski definition) is 6. The van der Waals surface area contributed by atoms with Crippen LogP contribution in [0.4, 0.5) is 5.69 Å². The van der Waals surface area contributed by atoms with E-state index in [-0.39, 0.29) is 17.1 Å². The fraction of sp³-hybridized carbons (Fsp3) is 0.455. The van der Waals surface area contributed by atoms with Crippen LogP contribution < -0.4 is 15.8 Å². The average Bonchev–Trinajstić information content (AvgIpc) is 2.89. The highest BCUT2D eigenvalue weighted by Crippen LogP contribution is 2.21. The van der Waals surface area contributed by atoms with Crippen molar-refractivity contribution < 1.29 is 14.5 Å². The molecule has 0 saturated carbocycles. The Morgan fingerprint density at radius 1 is 1.68 bits per heavy atom. The largest absolute Gasteiger partial charge is 0.477 e. The lowest BCUT2D eigenvalue weighted by molar-refractivity contribution is -0.385. The first-order valence-electron chi connectivity index (χ1n) is 5.85. The van der Waals surface area contributed by atoms with Crippen LogP contribution in [0.2, 0.25) is 0 Å². The molecule has 0 aliphatic carbocycles. The Hall–Kier alpha value is -2.22. The highest BCUT2D eigenvalue weighted by molar-refractivity contribution is 5.95. The van der Waals surface area contributed by atoms with E-state index in [9.17, 15) is 14.9 Å². The number of nitrogens with two attached hydrogens (primary N) is 1. The summed E-state index contributed by atoms with van der Waals surface area (Å²) in [4.78, 5) is 25.0. The molecule has 0 radical (unpaired) electrons. The maximum atomic E-state index is 11.3. The van der Waals surface area contributed by atoms with Crippen LogP contribution in [0.1, 0.15) is 16.8 Å². The summed E-state index contributed by atoms with van der Waals surface area (Å²) in [6, 6.07) is 1.08. The summed E-state index contributed by atoms with van der Waals surface area (Å²) in [5.74, 6) is -0.404. The first-order chi connectivity index (χ1) is 9.08. The molecule has 1 aromatic heterocycles. The van der Waals surface area contributed by atoms with E-state index in [1.807, 2.05) is 0 Å². The van der Waals surface area contributed by atoms with Gasteiger partial charge in [0.05, 0.1) is 11.5 Å². The van der Waals surface area contributed by atoms with E-state index in [4.69, 9.17) is 10.5 Å². The summed E-state index contributed by atoms with van der Waals surface area (Å²) < 4.78 is 5.44. The summed E-state index contributed by atoms with van der Waals surface area (Å²) >= 11 is 0. The standard InChI is InChI=1S/C11H14N4O4/c12-10(16)9-3-8(15(17)18)5-14-11(9)19-6-7-1-2-13-4-7/h3,5,7,13H,1-2,4,6H2,(H2,12,16). The van der Waals surface area contributed by atoms with Gasteiger partial charge in [-0.1, -0.05) is 0 Å². The van der Waals surface area contributed by atoms with Gasteiger partial charge in [0.25, 0.3) is 11.6 Å². The lowest BCUT2D eigenvalue weighted by Crippen LogP contribution is -2.19. The maximum absolute atomic E-state index is 11.3. The highest BCUT2D eigenvalue weighted by Gasteiger charge is 2.20. The SMILES string of the molecule is NC(=O)c1cc([N+](=O)[O-])cnc1OCC1CCNC1. The number of carbonyl (C=O) groups is 1. The molecular weight excluding hydrogens is 252 g/mol. The van der Waals surface area contributed by atoms with Crippen LogP contribution in [0, 0.1) is 16.0 Å². The van der Waals surface area contributed by atoms with Gasteiger partial charge in [-0.25, -0.2) is 4.98 Å². The van der Waals surface area contributed by atoms with Gasteiger partial charge in [-0.15, -0.1) is 0 Å². The van der Waals surface area contributed by atoms with Gasteiger partial charge in [0.1, 0.15) is 11.8 Å². The van der Waals surface area contributed by atoms with Crippen molar-refractivity contribution in [1.29, 1.82) is 0 Å². The smallest absolute Gasteiger partial charge is 0.288 e. The molecule has 0 aromatic carbocycles. The molecule has 1 fully saturated rings. The van der Waals surface area contributed by atoms with Crippen LogP contribution in [0.5, 0.6) is 5.88 Å².